The number of hydrogen-bond donors (Lipinski definition) is 2. The van der Waals surface area contributed by atoms with Crippen LogP contribution in [-0.2, 0) is 4.84 Å². The Kier molecular flexibility index (Phi) is 2.23. The van der Waals surface area contributed by atoms with Gasteiger partial charge in [0.05, 0.1) is 17.7 Å². The highest BCUT2D eigenvalue weighted by Crippen LogP contribution is 2.31. The molecule has 0 amide bonds. The van der Waals surface area contributed by atoms with E-state index < -0.39 is 0 Å². The summed E-state index contributed by atoms with van der Waals surface area (Å²) in [5.41, 5.74) is 4.54. The molecule has 2 rings (SSSR count). The monoisotopic (exact) mass is 184 g/mol. The van der Waals surface area contributed by atoms with E-state index in [9.17, 15) is 0 Å². The van der Waals surface area contributed by atoms with Gasteiger partial charge in [-0.3, -0.25) is 5.43 Å². The van der Waals surface area contributed by atoms with Crippen LogP contribution in [0, 0.1) is 5.41 Å². The Hall–Kier alpha value is -0.650. The van der Waals surface area contributed by atoms with E-state index in [1.54, 1.807) is 7.11 Å². The van der Waals surface area contributed by atoms with Gasteiger partial charge in [-0.1, -0.05) is 5.16 Å². The number of nitrogens with zero attached hydrogens (tertiary/aromatic N) is 2. The first-order chi connectivity index (χ1) is 6.30. The molecule has 2 N–H and O–H groups in total. The summed E-state index contributed by atoms with van der Waals surface area (Å²) in [7, 11) is 3.55. The van der Waals surface area contributed by atoms with Crippen molar-refractivity contribution in [3.63, 3.8) is 0 Å². The molecule has 0 bridgehead atoms. The van der Waals surface area contributed by atoms with E-state index in [-0.39, 0.29) is 5.41 Å². The van der Waals surface area contributed by atoms with Crippen molar-refractivity contribution in [3.8, 4) is 0 Å². The summed E-state index contributed by atoms with van der Waals surface area (Å²) in [5.74, 6) is 0. The molecule has 2 aliphatic heterocycles. The van der Waals surface area contributed by atoms with Crippen molar-refractivity contribution >= 4 is 5.71 Å². The van der Waals surface area contributed by atoms with Crippen molar-refractivity contribution in [2.45, 2.75) is 0 Å². The first-order valence-electron chi connectivity index (χ1n) is 4.54. The molecule has 1 spiro atoms. The van der Waals surface area contributed by atoms with Crippen molar-refractivity contribution in [3.05, 3.63) is 0 Å². The molecule has 0 aromatic heterocycles. The molecule has 2 aliphatic rings. The van der Waals surface area contributed by atoms with Crippen LogP contribution in [0.15, 0.2) is 5.16 Å². The van der Waals surface area contributed by atoms with Gasteiger partial charge in [-0.05, 0) is 7.05 Å². The summed E-state index contributed by atoms with van der Waals surface area (Å²) in [6.45, 7) is 3.94. The molecule has 0 aromatic rings. The van der Waals surface area contributed by atoms with Crippen LogP contribution in [0.2, 0.25) is 0 Å². The third-order valence-electron chi connectivity index (χ3n) is 2.89. The molecule has 2 saturated heterocycles. The van der Waals surface area contributed by atoms with Crippen LogP contribution in [-0.4, -0.2) is 51.1 Å². The maximum atomic E-state index is 4.86. The summed E-state index contributed by atoms with van der Waals surface area (Å²) in [6.07, 6.45) is 0. The van der Waals surface area contributed by atoms with E-state index in [1.165, 1.54) is 0 Å². The van der Waals surface area contributed by atoms with Gasteiger partial charge in [0, 0.05) is 19.6 Å². The molecule has 2 heterocycles. The van der Waals surface area contributed by atoms with E-state index in [0.717, 1.165) is 31.9 Å². The van der Waals surface area contributed by atoms with E-state index in [2.05, 4.69) is 20.9 Å². The molecule has 0 radical (unpaired) electrons. The number of hydrazine groups is 1. The highest BCUT2D eigenvalue weighted by Gasteiger charge is 2.48. The minimum absolute atomic E-state index is 0.235. The van der Waals surface area contributed by atoms with Gasteiger partial charge in [0.1, 0.15) is 7.11 Å². The zero-order valence-electron chi connectivity index (χ0n) is 8.13. The molecule has 0 saturated carbocycles. The predicted molar refractivity (Wildman–Crippen MR) is 50.4 cm³/mol. The lowest BCUT2D eigenvalue weighted by atomic mass is 9.79. The van der Waals surface area contributed by atoms with Crippen molar-refractivity contribution in [2.24, 2.45) is 10.6 Å². The van der Waals surface area contributed by atoms with Crippen LogP contribution in [0.25, 0.3) is 0 Å². The lowest BCUT2D eigenvalue weighted by molar-refractivity contribution is 0.169. The lowest BCUT2D eigenvalue weighted by Crippen LogP contribution is -2.58. The Morgan fingerprint density at radius 2 is 2.38 bits per heavy atom. The normalized spacial score (nSPS) is 29.5. The third-order valence-corrected chi connectivity index (χ3v) is 2.89. The molecule has 0 aromatic carbocycles. The van der Waals surface area contributed by atoms with Crippen LogP contribution in [0.5, 0.6) is 0 Å². The van der Waals surface area contributed by atoms with Crippen LogP contribution in [0.3, 0.4) is 0 Å². The summed E-state index contributed by atoms with van der Waals surface area (Å²) < 4.78 is 0. The van der Waals surface area contributed by atoms with Crippen molar-refractivity contribution < 1.29 is 4.84 Å². The van der Waals surface area contributed by atoms with Crippen LogP contribution in [0.4, 0.5) is 0 Å². The minimum atomic E-state index is 0.235. The van der Waals surface area contributed by atoms with Gasteiger partial charge >= 0.3 is 0 Å². The molecule has 0 atom stereocenters. The predicted octanol–water partition coefficient (Wildman–Crippen LogP) is -0.972. The summed E-state index contributed by atoms with van der Waals surface area (Å²) >= 11 is 0. The molecule has 5 nitrogen and oxygen atoms in total. The second-order valence-electron chi connectivity index (χ2n) is 3.68. The molecule has 74 valence electrons. The van der Waals surface area contributed by atoms with Gasteiger partial charge in [0.2, 0.25) is 0 Å². The second kappa shape index (κ2) is 3.25. The highest BCUT2D eigenvalue weighted by molar-refractivity contribution is 5.95. The topological polar surface area (TPSA) is 48.9 Å². The van der Waals surface area contributed by atoms with Gasteiger partial charge in [-0.25, -0.2) is 5.01 Å². The Bertz CT molecular complexity index is 224. The van der Waals surface area contributed by atoms with Gasteiger partial charge in [0.15, 0.2) is 0 Å². The molecule has 0 unspecified atom stereocenters. The van der Waals surface area contributed by atoms with Crippen LogP contribution in [0.1, 0.15) is 0 Å². The fourth-order valence-electron chi connectivity index (χ4n) is 2.00. The zero-order valence-corrected chi connectivity index (χ0v) is 8.13. The smallest absolute Gasteiger partial charge is 0.106 e. The molecular weight excluding hydrogens is 168 g/mol. The maximum Gasteiger partial charge on any atom is 0.106 e. The van der Waals surface area contributed by atoms with Crippen LogP contribution < -0.4 is 10.7 Å². The first-order valence-corrected chi connectivity index (χ1v) is 4.54. The molecule has 5 heteroatoms. The van der Waals surface area contributed by atoms with Gasteiger partial charge in [0.25, 0.3) is 0 Å². The van der Waals surface area contributed by atoms with E-state index in [4.69, 9.17) is 4.84 Å². The van der Waals surface area contributed by atoms with Crippen molar-refractivity contribution in [2.75, 3.05) is 40.3 Å². The number of oxime groups is 1. The zero-order chi connectivity index (χ0) is 9.31. The molecule has 13 heavy (non-hydrogen) atoms. The van der Waals surface area contributed by atoms with E-state index in [1.807, 2.05) is 7.05 Å². The van der Waals surface area contributed by atoms with Crippen molar-refractivity contribution in [1.29, 1.82) is 0 Å². The molecule has 0 aliphatic carbocycles. The Balaban J connectivity index is 2.12. The minimum Gasteiger partial charge on any atom is -0.399 e. The first kappa shape index (κ1) is 8.93. The summed E-state index contributed by atoms with van der Waals surface area (Å²) in [5, 5.41) is 9.54. The van der Waals surface area contributed by atoms with E-state index >= 15 is 0 Å². The average Bonchev–Trinajstić information content (AvgIpc) is 2.44. The van der Waals surface area contributed by atoms with Crippen LogP contribution >= 0.6 is 0 Å². The van der Waals surface area contributed by atoms with Crippen molar-refractivity contribution in [1.82, 2.24) is 15.8 Å². The van der Waals surface area contributed by atoms with Gasteiger partial charge in [-0.15, -0.1) is 0 Å². The Morgan fingerprint density at radius 1 is 1.62 bits per heavy atom. The lowest BCUT2D eigenvalue weighted by Gasteiger charge is -2.38. The average molecular weight is 184 g/mol. The number of rotatable bonds is 2. The Labute approximate surface area is 78.1 Å². The van der Waals surface area contributed by atoms with E-state index in [0.29, 0.717) is 0 Å². The third kappa shape index (κ3) is 1.33. The second-order valence-corrected chi connectivity index (χ2v) is 3.68. The molecule has 2 fully saturated rings. The number of nitrogens with one attached hydrogen (secondary N) is 2. The standard InChI is InChI=1S/C8H16N4O/c1-9-12-3-7(11-13-2)8(6-12)4-10-5-8/h9-10H,3-6H2,1-2H3/b11-7-. The van der Waals surface area contributed by atoms with Gasteiger partial charge < -0.3 is 10.2 Å². The SMILES string of the molecule is CNN1C/C(=N/OC)C2(CNC2)C1. The fourth-order valence-corrected chi connectivity index (χ4v) is 2.00. The molecular formula is C8H16N4O. The summed E-state index contributed by atoms with van der Waals surface area (Å²) in [4.78, 5) is 4.86. The Morgan fingerprint density at radius 3 is 2.85 bits per heavy atom. The quantitative estimate of drug-likeness (QED) is 0.542. The fraction of sp³-hybridized carbons (Fsp3) is 0.875. The highest BCUT2D eigenvalue weighted by atomic mass is 16.6. The number of hydrogen-bond acceptors (Lipinski definition) is 5. The maximum absolute atomic E-state index is 4.86. The van der Waals surface area contributed by atoms with Gasteiger partial charge in [-0.2, -0.15) is 0 Å². The summed E-state index contributed by atoms with van der Waals surface area (Å²) in [6, 6.07) is 0. The largest absolute Gasteiger partial charge is 0.399 e.